The number of imidazole rings is 1. The lowest BCUT2D eigenvalue weighted by Gasteiger charge is -2.13. The fourth-order valence-corrected chi connectivity index (χ4v) is 2.00. The quantitative estimate of drug-likeness (QED) is 0.882. The first-order valence-electron chi connectivity index (χ1n) is 6.21. The van der Waals surface area contributed by atoms with Crippen molar-refractivity contribution in [2.75, 3.05) is 0 Å². The predicted molar refractivity (Wildman–Crippen MR) is 69.6 cm³/mol. The third kappa shape index (κ3) is 2.96. The van der Waals surface area contributed by atoms with Crippen LogP contribution in [-0.2, 0) is 13.0 Å². The zero-order valence-corrected chi connectivity index (χ0v) is 10.5. The molecule has 1 atom stereocenters. The molecule has 0 amide bonds. The number of hydrogen-bond acceptors (Lipinski definition) is 2. The van der Waals surface area contributed by atoms with Gasteiger partial charge >= 0.3 is 0 Å². The Morgan fingerprint density at radius 3 is 2.72 bits per heavy atom. The predicted octanol–water partition coefficient (Wildman–Crippen LogP) is 2.67. The maximum Gasteiger partial charge on any atom is 0.123 e. The third-order valence-corrected chi connectivity index (χ3v) is 2.97. The second-order valence-electron chi connectivity index (χ2n) is 4.40. The van der Waals surface area contributed by atoms with Crippen LogP contribution in [0, 0.1) is 5.82 Å². The van der Waals surface area contributed by atoms with Gasteiger partial charge in [-0.25, -0.2) is 9.37 Å². The second kappa shape index (κ2) is 5.78. The van der Waals surface area contributed by atoms with E-state index in [2.05, 4.69) is 16.5 Å². The highest BCUT2D eigenvalue weighted by molar-refractivity contribution is 5.20. The fourth-order valence-electron chi connectivity index (χ4n) is 2.00. The molecule has 4 heteroatoms. The van der Waals surface area contributed by atoms with Gasteiger partial charge in [0, 0.05) is 31.4 Å². The first kappa shape index (κ1) is 12.8. The number of aryl methyl sites for hydroxylation is 1. The van der Waals surface area contributed by atoms with Gasteiger partial charge in [0.2, 0.25) is 0 Å². The summed E-state index contributed by atoms with van der Waals surface area (Å²) in [6, 6.07) is 6.19. The lowest BCUT2D eigenvalue weighted by molar-refractivity contribution is 0.595. The lowest BCUT2D eigenvalue weighted by atomic mass is 10.0. The molecule has 0 aliphatic heterocycles. The maximum atomic E-state index is 12.8. The van der Waals surface area contributed by atoms with Crippen LogP contribution >= 0.6 is 0 Å². The standard InChI is InChI=1S/C14H18FN3/c1-2-8-18-9-7-17-14(18)10-13(16)11-3-5-12(15)6-4-11/h3-7,9,13H,2,8,10,16H2,1H3. The SMILES string of the molecule is CCCn1ccnc1CC(N)c1ccc(F)cc1. The molecular weight excluding hydrogens is 229 g/mol. The van der Waals surface area contributed by atoms with Crippen LogP contribution in [0.2, 0.25) is 0 Å². The van der Waals surface area contributed by atoms with Gasteiger partial charge < -0.3 is 10.3 Å². The number of aromatic nitrogens is 2. The molecule has 2 aromatic rings. The summed E-state index contributed by atoms with van der Waals surface area (Å²) in [5, 5.41) is 0. The fraction of sp³-hybridized carbons (Fsp3) is 0.357. The molecule has 3 nitrogen and oxygen atoms in total. The zero-order chi connectivity index (χ0) is 13.0. The van der Waals surface area contributed by atoms with E-state index in [-0.39, 0.29) is 11.9 Å². The molecular formula is C14H18FN3. The minimum atomic E-state index is -0.238. The van der Waals surface area contributed by atoms with Crippen molar-refractivity contribution in [3.63, 3.8) is 0 Å². The molecule has 18 heavy (non-hydrogen) atoms. The van der Waals surface area contributed by atoms with Crippen molar-refractivity contribution in [3.8, 4) is 0 Å². The number of halogens is 1. The van der Waals surface area contributed by atoms with E-state index in [0.29, 0.717) is 6.42 Å². The van der Waals surface area contributed by atoms with Gasteiger partial charge in [0.25, 0.3) is 0 Å². The van der Waals surface area contributed by atoms with E-state index < -0.39 is 0 Å². The largest absolute Gasteiger partial charge is 0.335 e. The van der Waals surface area contributed by atoms with Gasteiger partial charge in [-0.05, 0) is 24.1 Å². The Kier molecular flexibility index (Phi) is 4.10. The molecule has 0 fully saturated rings. The highest BCUT2D eigenvalue weighted by Gasteiger charge is 2.11. The van der Waals surface area contributed by atoms with Crippen LogP contribution in [-0.4, -0.2) is 9.55 Å². The van der Waals surface area contributed by atoms with Crippen molar-refractivity contribution in [2.45, 2.75) is 32.4 Å². The first-order chi connectivity index (χ1) is 8.70. The van der Waals surface area contributed by atoms with Gasteiger partial charge in [0.05, 0.1) is 0 Å². The summed E-state index contributed by atoms with van der Waals surface area (Å²) in [5.41, 5.74) is 7.06. The second-order valence-corrected chi connectivity index (χ2v) is 4.40. The van der Waals surface area contributed by atoms with Crippen LogP contribution in [0.15, 0.2) is 36.7 Å². The summed E-state index contributed by atoms with van der Waals surface area (Å²) < 4.78 is 14.9. The third-order valence-electron chi connectivity index (χ3n) is 2.97. The van der Waals surface area contributed by atoms with Crippen LogP contribution < -0.4 is 5.73 Å². The van der Waals surface area contributed by atoms with Gasteiger partial charge in [-0.3, -0.25) is 0 Å². The van der Waals surface area contributed by atoms with E-state index in [1.54, 1.807) is 18.3 Å². The summed E-state index contributed by atoms with van der Waals surface area (Å²) in [6.45, 7) is 3.08. The van der Waals surface area contributed by atoms with E-state index >= 15 is 0 Å². The highest BCUT2D eigenvalue weighted by atomic mass is 19.1. The van der Waals surface area contributed by atoms with E-state index in [9.17, 15) is 4.39 Å². The molecule has 2 N–H and O–H groups in total. The van der Waals surface area contributed by atoms with E-state index in [0.717, 1.165) is 24.4 Å². The summed E-state index contributed by atoms with van der Waals surface area (Å²) in [4.78, 5) is 4.33. The summed E-state index contributed by atoms with van der Waals surface area (Å²) >= 11 is 0. The molecule has 0 aliphatic carbocycles. The van der Waals surface area contributed by atoms with E-state index in [4.69, 9.17) is 5.73 Å². The van der Waals surface area contributed by atoms with E-state index in [1.165, 1.54) is 12.1 Å². The van der Waals surface area contributed by atoms with Crippen LogP contribution in [0.25, 0.3) is 0 Å². The molecule has 0 saturated heterocycles. The Morgan fingerprint density at radius 1 is 1.33 bits per heavy atom. The van der Waals surface area contributed by atoms with Gasteiger partial charge in [0.15, 0.2) is 0 Å². The molecule has 1 aromatic heterocycles. The minimum absolute atomic E-state index is 0.149. The molecule has 0 saturated carbocycles. The summed E-state index contributed by atoms with van der Waals surface area (Å²) in [7, 11) is 0. The van der Waals surface area contributed by atoms with Gasteiger partial charge in [-0.15, -0.1) is 0 Å². The van der Waals surface area contributed by atoms with Crippen molar-refractivity contribution in [2.24, 2.45) is 5.73 Å². The number of benzene rings is 1. The Hall–Kier alpha value is -1.68. The normalized spacial score (nSPS) is 12.6. The van der Waals surface area contributed by atoms with Crippen LogP contribution in [0.4, 0.5) is 4.39 Å². The smallest absolute Gasteiger partial charge is 0.123 e. The monoisotopic (exact) mass is 247 g/mol. The number of nitrogens with zero attached hydrogens (tertiary/aromatic N) is 2. The van der Waals surface area contributed by atoms with Crippen molar-refractivity contribution < 1.29 is 4.39 Å². The molecule has 0 aliphatic rings. The van der Waals surface area contributed by atoms with Gasteiger partial charge in [-0.2, -0.15) is 0 Å². The Bertz CT molecular complexity index is 490. The molecule has 1 heterocycles. The molecule has 0 radical (unpaired) electrons. The van der Waals surface area contributed by atoms with Crippen molar-refractivity contribution in [3.05, 3.63) is 53.9 Å². The molecule has 0 bridgehead atoms. The maximum absolute atomic E-state index is 12.8. The average molecular weight is 247 g/mol. The Labute approximate surface area is 106 Å². The Morgan fingerprint density at radius 2 is 2.06 bits per heavy atom. The van der Waals surface area contributed by atoms with Crippen LogP contribution in [0.3, 0.4) is 0 Å². The van der Waals surface area contributed by atoms with Gasteiger partial charge in [-0.1, -0.05) is 19.1 Å². The topological polar surface area (TPSA) is 43.8 Å². The molecule has 96 valence electrons. The van der Waals surface area contributed by atoms with Crippen LogP contribution in [0.5, 0.6) is 0 Å². The number of hydrogen-bond donors (Lipinski definition) is 1. The lowest BCUT2D eigenvalue weighted by Crippen LogP contribution is -2.16. The molecule has 1 unspecified atom stereocenters. The average Bonchev–Trinajstić information content (AvgIpc) is 2.78. The summed E-state index contributed by atoms with van der Waals surface area (Å²) in [6.07, 6.45) is 5.49. The molecule has 0 spiro atoms. The van der Waals surface area contributed by atoms with E-state index in [1.807, 2.05) is 6.20 Å². The molecule has 1 aromatic carbocycles. The number of rotatable bonds is 5. The zero-order valence-electron chi connectivity index (χ0n) is 10.5. The highest BCUT2D eigenvalue weighted by Crippen LogP contribution is 2.16. The van der Waals surface area contributed by atoms with Gasteiger partial charge in [0.1, 0.15) is 11.6 Å². The Balaban J connectivity index is 2.08. The summed E-state index contributed by atoms with van der Waals surface area (Å²) in [5.74, 6) is 0.743. The van der Waals surface area contributed by atoms with Crippen molar-refractivity contribution in [1.82, 2.24) is 9.55 Å². The van der Waals surface area contributed by atoms with Crippen LogP contribution in [0.1, 0.15) is 30.8 Å². The minimum Gasteiger partial charge on any atom is -0.335 e. The van der Waals surface area contributed by atoms with Crippen molar-refractivity contribution >= 4 is 0 Å². The molecule has 2 rings (SSSR count). The van der Waals surface area contributed by atoms with Crippen molar-refractivity contribution in [1.29, 1.82) is 0 Å². The first-order valence-corrected chi connectivity index (χ1v) is 6.21. The number of nitrogens with two attached hydrogens (primary N) is 1.